The predicted molar refractivity (Wildman–Crippen MR) is 145 cm³/mol. The SMILES string of the molecule is Brc1ccc2c(c1)c1cc(Br)ccc1n2CC(COc1ccccc1)=NOCc1ccccc1. The molecular formula is C28H22Br2N2O2. The first-order valence-electron chi connectivity index (χ1n) is 10.9. The molecule has 1 heterocycles. The zero-order chi connectivity index (χ0) is 23.3. The Morgan fingerprint density at radius 1 is 0.735 bits per heavy atom. The Hall–Kier alpha value is -3.09. The molecule has 0 aliphatic carbocycles. The standard InChI is InChI=1S/C28H22Br2N2O2/c29-21-11-13-27-25(15-21)26-16-22(30)12-14-28(26)32(27)17-23(19-33-24-9-5-2-6-10-24)31-34-18-20-7-3-1-4-8-20/h1-16H,17-19H2. The second kappa shape index (κ2) is 10.5. The number of hydrogen-bond donors (Lipinski definition) is 0. The molecule has 4 nitrogen and oxygen atoms in total. The van der Waals surface area contributed by atoms with Gasteiger partial charge in [-0.3, -0.25) is 0 Å². The Morgan fingerprint density at radius 2 is 1.32 bits per heavy atom. The molecule has 0 saturated carbocycles. The van der Waals surface area contributed by atoms with Gasteiger partial charge < -0.3 is 14.1 Å². The fraction of sp³-hybridized carbons (Fsp3) is 0.107. The molecular weight excluding hydrogens is 556 g/mol. The zero-order valence-electron chi connectivity index (χ0n) is 18.3. The highest BCUT2D eigenvalue weighted by Gasteiger charge is 2.14. The van der Waals surface area contributed by atoms with Crippen LogP contribution in [0.5, 0.6) is 5.75 Å². The number of nitrogens with zero attached hydrogens (tertiary/aromatic N) is 2. The largest absolute Gasteiger partial charge is 0.487 e. The van der Waals surface area contributed by atoms with Gasteiger partial charge in [-0.2, -0.15) is 0 Å². The van der Waals surface area contributed by atoms with Crippen LogP contribution in [0.4, 0.5) is 0 Å². The average molecular weight is 578 g/mol. The smallest absolute Gasteiger partial charge is 0.142 e. The van der Waals surface area contributed by atoms with Gasteiger partial charge in [0.25, 0.3) is 0 Å². The number of para-hydroxylation sites is 1. The maximum atomic E-state index is 6.04. The van der Waals surface area contributed by atoms with E-state index in [1.807, 2.05) is 60.7 Å². The number of fused-ring (bicyclic) bond motifs is 3. The summed E-state index contributed by atoms with van der Waals surface area (Å²) in [5, 5.41) is 6.87. The third-order valence-corrected chi connectivity index (χ3v) is 6.53. The van der Waals surface area contributed by atoms with Crippen LogP contribution in [-0.4, -0.2) is 16.9 Å². The van der Waals surface area contributed by atoms with E-state index < -0.39 is 0 Å². The van der Waals surface area contributed by atoms with E-state index in [1.165, 1.54) is 10.8 Å². The summed E-state index contributed by atoms with van der Waals surface area (Å²) < 4.78 is 10.4. The quantitative estimate of drug-likeness (QED) is 0.138. The van der Waals surface area contributed by atoms with Crippen molar-refractivity contribution in [3.63, 3.8) is 0 Å². The van der Waals surface area contributed by atoms with Crippen molar-refractivity contribution in [2.45, 2.75) is 13.2 Å². The molecule has 34 heavy (non-hydrogen) atoms. The van der Waals surface area contributed by atoms with Gasteiger partial charge in [0.15, 0.2) is 0 Å². The molecule has 0 unspecified atom stereocenters. The van der Waals surface area contributed by atoms with Gasteiger partial charge in [0.2, 0.25) is 0 Å². The van der Waals surface area contributed by atoms with Crippen LogP contribution >= 0.6 is 31.9 Å². The molecule has 0 saturated heterocycles. The predicted octanol–water partition coefficient (Wildman–Crippen LogP) is 7.97. The van der Waals surface area contributed by atoms with Crippen molar-refractivity contribution in [3.8, 4) is 5.75 Å². The zero-order valence-corrected chi connectivity index (χ0v) is 21.5. The van der Waals surface area contributed by atoms with Gasteiger partial charge >= 0.3 is 0 Å². The van der Waals surface area contributed by atoms with Crippen LogP contribution < -0.4 is 4.74 Å². The highest BCUT2D eigenvalue weighted by Crippen LogP contribution is 2.33. The Labute approximate surface area is 215 Å². The fourth-order valence-electron chi connectivity index (χ4n) is 3.96. The maximum absolute atomic E-state index is 6.04. The van der Waals surface area contributed by atoms with Crippen LogP contribution in [0, 0.1) is 0 Å². The Kier molecular flexibility index (Phi) is 6.97. The topological polar surface area (TPSA) is 35.8 Å². The van der Waals surface area contributed by atoms with Crippen molar-refractivity contribution in [2.24, 2.45) is 5.16 Å². The van der Waals surface area contributed by atoms with Gasteiger partial charge in [-0.15, -0.1) is 0 Å². The number of benzene rings is 4. The highest BCUT2D eigenvalue weighted by atomic mass is 79.9. The third kappa shape index (κ3) is 5.18. The molecule has 0 amide bonds. The van der Waals surface area contributed by atoms with E-state index in [1.54, 1.807) is 0 Å². The summed E-state index contributed by atoms with van der Waals surface area (Å²) in [5.41, 5.74) is 4.13. The molecule has 0 N–H and O–H groups in total. The minimum atomic E-state index is 0.326. The van der Waals surface area contributed by atoms with Crippen molar-refractivity contribution in [3.05, 3.63) is 112 Å². The van der Waals surface area contributed by atoms with E-state index in [0.717, 1.165) is 37.0 Å². The van der Waals surface area contributed by atoms with Crippen LogP contribution in [-0.2, 0) is 18.0 Å². The van der Waals surface area contributed by atoms with E-state index >= 15 is 0 Å². The molecule has 0 aliphatic heterocycles. The van der Waals surface area contributed by atoms with Crippen molar-refractivity contribution in [1.29, 1.82) is 0 Å². The highest BCUT2D eigenvalue weighted by molar-refractivity contribution is 9.10. The molecule has 0 radical (unpaired) electrons. The normalized spacial score (nSPS) is 11.8. The summed E-state index contributed by atoms with van der Waals surface area (Å²) in [6.45, 7) is 1.28. The van der Waals surface area contributed by atoms with E-state index in [4.69, 9.17) is 9.57 Å². The fourth-order valence-corrected chi connectivity index (χ4v) is 4.68. The molecule has 170 valence electrons. The minimum Gasteiger partial charge on any atom is -0.487 e. The first kappa shape index (κ1) is 22.7. The summed E-state index contributed by atoms with van der Waals surface area (Å²) in [7, 11) is 0. The molecule has 5 aromatic rings. The molecule has 0 fully saturated rings. The Balaban J connectivity index is 1.48. The van der Waals surface area contributed by atoms with Crippen molar-refractivity contribution < 1.29 is 9.57 Å². The van der Waals surface area contributed by atoms with Gasteiger partial charge in [0, 0.05) is 30.8 Å². The van der Waals surface area contributed by atoms with Gasteiger partial charge in [-0.1, -0.05) is 85.5 Å². The molecule has 4 aromatic carbocycles. The lowest BCUT2D eigenvalue weighted by Gasteiger charge is -2.12. The van der Waals surface area contributed by atoms with E-state index in [9.17, 15) is 0 Å². The lowest BCUT2D eigenvalue weighted by molar-refractivity contribution is 0.128. The number of halogens is 2. The summed E-state index contributed by atoms with van der Waals surface area (Å²) in [5.74, 6) is 0.799. The van der Waals surface area contributed by atoms with Gasteiger partial charge in [0.1, 0.15) is 24.7 Å². The van der Waals surface area contributed by atoms with E-state index in [0.29, 0.717) is 19.8 Å². The van der Waals surface area contributed by atoms with Crippen LogP contribution in [0.25, 0.3) is 21.8 Å². The second-order valence-corrected chi connectivity index (χ2v) is 9.76. The van der Waals surface area contributed by atoms with Crippen LogP contribution in [0.3, 0.4) is 0 Å². The van der Waals surface area contributed by atoms with Crippen molar-refractivity contribution >= 4 is 59.4 Å². The molecule has 0 bridgehead atoms. The molecule has 1 aromatic heterocycles. The molecule has 0 atom stereocenters. The minimum absolute atomic E-state index is 0.326. The lowest BCUT2D eigenvalue weighted by Crippen LogP contribution is -2.19. The lowest BCUT2D eigenvalue weighted by atomic mass is 10.2. The van der Waals surface area contributed by atoms with E-state index in [2.05, 4.69) is 78.0 Å². The maximum Gasteiger partial charge on any atom is 0.142 e. The second-order valence-electron chi connectivity index (χ2n) is 7.93. The van der Waals surface area contributed by atoms with Gasteiger partial charge in [0.05, 0.1) is 6.54 Å². The van der Waals surface area contributed by atoms with Gasteiger partial charge in [-0.25, -0.2) is 0 Å². The van der Waals surface area contributed by atoms with Crippen LogP contribution in [0.1, 0.15) is 5.56 Å². The molecule has 6 heteroatoms. The monoisotopic (exact) mass is 576 g/mol. The Morgan fingerprint density at radius 3 is 1.94 bits per heavy atom. The first-order chi connectivity index (χ1) is 16.7. The van der Waals surface area contributed by atoms with E-state index in [-0.39, 0.29) is 0 Å². The summed E-state index contributed by atoms with van der Waals surface area (Å²) >= 11 is 7.24. The average Bonchev–Trinajstić information content (AvgIpc) is 3.15. The van der Waals surface area contributed by atoms with Crippen LogP contribution in [0.2, 0.25) is 0 Å². The molecule has 0 aliphatic rings. The number of rotatable bonds is 8. The van der Waals surface area contributed by atoms with Crippen molar-refractivity contribution in [2.75, 3.05) is 6.61 Å². The molecule has 5 rings (SSSR count). The number of oxime groups is 1. The molecule has 0 spiro atoms. The number of hydrogen-bond acceptors (Lipinski definition) is 3. The third-order valence-electron chi connectivity index (χ3n) is 5.55. The van der Waals surface area contributed by atoms with Crippen LogP contribution in [0.15, 0.2) is 111 Å². The number of aromatic nitrogens is 1. The summed E-state index contributed by atoms with van der Waals surface area (Å²) in [6, 6.07) is 32.5. The Bertz CT molecular complexity index is 1390. The summed E-state index contributed by atoms with van der Waals surface area (Å²) in [4.78, 5) is 5.76. The number of ether oxygens (including phenoxy) is 1. The summed E-state index contributed by atoms with van der Waals surface area (Å²) in [6.07, 6.45) is 0. The van der Waals surface area contributed by atoms with Crippen molar-refractivity contribution in [1.82, 2.24) is 4.57 Å². The van der Waals surface area contributed by atoms with Gasteiger partial charge in [-0.05, 0) is 54.1 Å². The first-order valence-corrected chi connectivity index (χ1v) is 12.5.